The molecular formula is C21H24N3O+. The second kappa shape index (κ2) is 7.79. The third kappa shape index (κ3) is 4.15. The summed E-state index contributed by atoms with van der Waals surface area (Å²) in [6, 6.07) is 18.5. The van der Waals surface area contributed by atoms with Gasteiger partial charge in [-0.25, -0.2) is 9.13 Å². The van der Waals surface area contributed by atoms with Gasteiger partial charge in [0.2, 0.25) is 6.33 Å². The minimum atomic E-state index is 0.0255. The molecule has 0 saturated heterocycles. The van der Waals surface area contributed by atoms with Crippen LogP contribution in [0.5, 0.6) is 0 Å². The van der Waals surface area contributed by atoms with Crippen LogP contribution in [0.1, 0.15) is 18.9 Å². The van der Waals surface area contributed by atoms with Crippen LogP contribution in [-0.4, -0.2) is 16.5 Å². The summed E-state index contributed by atoms with van der Waals surface area (Å²) in [5.74, 6) is 0.0255. The first-order chi connectivity index (χ1) is 12.2. The van der Waals surface area contributed by atoms with Gasteiger partial charge in [0.1, 0.15) is 0 Å². The van der Waals surface area contributed by atoms with Crippen molar-refractivity contribution in [1.29, 1.82) is 0 Å². The molecule has 0 saturated carbocycles. The Morgan fingerprint density at radius 2 is 1.92 bits per heavy atom. The van der Waals surface area contributed by atoms with E-state index in [4.69, 9.17) is 0 Å². The van der Waals surface area contributed by atoms with Gasteiger partial charge in [0.15, 0.2) is 17.6 Å². The first-order valence-electron chi connectivity index (χ1n) is 8.62. The summed E-state index contributed by atoms with van der Waals surface area (Å²) in [7, 11) is 0. The lowest BCUT2D eigenvalue weighted by atomic mass is 10.1. The van der Waals surface area contributed by atoms with Gasteiger partial charge in [-0.05, 0) is 37.5 Å². The summed E-state index contributed by atoms with van der Waals surface area (Å²) < 4.78 is 3.89. The molecule has 0 fully saturated rings. The van der Waals surface area contributed by atoms with E-state index in [2.05, 4.69) is 31.0 Å². The van der Waals surface area contributed by atoms with E-state index in [0.717, 1.165) is 23.9 Å². The molecule has 1 heterocycles. The molecule has 1 atom stereocenters. The lowest BCUT2D eigenvalue weighted by molar-refractivity contribution is -0.659. The highest BCUT2D eigenvalue weighted by atomic mass is 16.2. The number of rotatable bonds is 7. The van der Waals surface area contributed by atoms with Crippen molar-refractivity contribution in [2.75, 3.05) is 0 Å². The molecule has 0 aliphatic rings. The van der Waals surface area contributed by atoms with E-state index in [1.54, 1.807) is 6.20 Å². The van der Waals surface area contributed by atoms with Crippen molar-refractivity contribution in [2.24, 2.45) is 0 Å². The lowest BCUT2D eigenvalue weighted by Crippen LogP contribution is -2.44. The number of carbonyl (C=O) groups is 1. The minimum Gasteiger partial charge on any atom is -0.350 e. The highest BCUT2D eigenvalue weighted by Gasteiger charge is 2.17. The quantitative estimate of drug-likeness (QED) is 0.662. The van der Waals surface area contributed by atoms with Crippen LogP contribution in [0.2, 0.25) is 0 Å². The monoisotopic (exact) mass is 334 g/mol. The molecule has 0 aliphatic carbocycles. The zero-order valence-corrected chi connectivity index (χ0v) is 14.6. The molecule has 4 heteroatoms. The van der Waals surface area contributed by atoms with Gasteiger partial charge in [-0.3, -0.25) is 4.79 Å². The zero-order chi connectivity index (χ0) is 17.6. The minimum absolute atomic E-state index is 0.0255. The largest absolute Gasteiger partial charge is 0.350 e. The summed E-state index contributed by atoms with van der Waals surface area (Å²) in [6.45, 7) is 6.18. The number of aromatic nitrogens is 2. The average molecular weight is 334 g/mol. The first kappa shape index (κ1) is 17.0. The molecular weight excluding hydrogens is 310 g/mol. The number of para-hydroxylation sites is 2. The van der Waals surface area contributed by atoms with E-state index in [1.165, 1.54) is 5.56 Å². The van der Waals surface area contributed by atoms with Gasteiger partial charge >= 0.3 is 0 Å². The van der Waals surface area contributed by atoms with E-state index >= 15 is 0 Å². The standard InChI is InChI=1S/C21H23N3O/c1-3-23-16-24(20-12-8-7-11-19(20)23)15-21(25)22-17(2)13-14-18-9-5-4-6-10-18/h3-12,16-17H,1,13-15H2,2H3/p+1/t17-/m1/s1. The maximum Gasteiger partial charge on any atom is 0.262 e. The maximum absolute atomic E-state index is 12.4. The number of nitrogens with zero attached hydrogens (tertiary/aromatic N) is 2. The van der Waals surface area contributed by atoms with Gasteiger partial charge in [-0.15, -0.1) is 0 Å². The van der Waals surface area contributed by atoms with Crippen molar-refractivity contribution in [3.63, 3.8) is 0 Å². The topological polar surface area (TPSA) is 37.9 Å². The number of carbonyl (C=O) groups excluding carboxylic acids is 1. The number of hydrogen-bond acceptors (Lipinski definition) is 1. The van der Waals surface area contributed by atoms with E-state index in [1.807, 2.05) is 57.9 Å². The highest BCUT2D eigenvalue weighted by molar-refractivity contribution is 5.77. The Morgan fingerprint density at radius 1 is 1.20 bits per heavy atom. The third-order valence-corrected chi connectivity index (χ3v) is 4.36. The maximum atomic E-state index is 12.4. The van der Waals surface area contributed by atoms with Gasteiger partial charge in [-0.2, -0.15) is 0 Å². The van der Waals surface area contributed by atoms with Crippen molar-refractivity contribution >= 4 is 23.1 Å². The van der Waals surface area contributed by atoms with Crippen LogP contribution in [0, 0.1) is 0 Å². The van der Waals surface area contributed by atoms with Crippen molar-refractivity contribution < 1.29 is 9.36 Å². The summed E-state index contributed by atoms with van der Waals surface area (Å²) in [5.41, 5.74) is 3.36. The Labute approximate surface area is 148 Å². The van der Waals surface area contributed by atoms with Gasteiger partial charge in [-0.1, -0.05) is 49.0 Å². The molecule has 4 nitrogen and oxygen atoms in total. The van der Waals surface area contributed by atoms with Crippen LogP contribution in [0.3, 0.4) is 0 Å². The molecule has 2 aromatic carbocycles. The van der Waals surface area contributed by atoms with Crippen LogP contribution >= 0.6 is 0 Å². The molecule has 0 unspecified atom stereocenters. The molecule has 1 aromatic heterocycles. The predicted octanol–water partition coefficient (Wildman–Crippen LogP) is 3.17. The molecule has 3 rings (SSSR count). The number of nitrogens with one attached hydrogen (secondary N) is 1. The van der Waals surface area contributed by atoms with Crippen LogP contribution < -0.4 is 9.88 Å². The van der Waals surface area contributed by atoms with Crippen molar-refractivity contribution in [3.8, 4) is 0 Å². The fourth-order valence-electron chi connectivity index (χ4n) is 3.05. The molecule has 3 aromatic rings. The Bertz CT molecular complexity index is 867. The summed E-state index contributed by atoms with van der Waals surface area (Å²) in [5, 5.41) is 3.10. The SMILES string of the molecule is C=Cn1c[n+](CC(=O)N[C@H](C)CCc2ccccc2)c2ccccc21. The fraction of sp³-hybridized carbons (Fsp3) is 0.238. The Hall–Kier alpha value is -2.88. The van der Waals surface area contributed by atoms with Gasteiger partial charge in [0, 0.05) is 6.04 Å². The van der Waals surface area contributed by atoms with Crippen molar-refractivity contribution in [3.05, 3.63) is 73.1 Å². The van der Waals surface area contributed by atoms with Crippen molar-refractivity contribution in [2.45, 2.75) is 32.4 Å². The molecule has 128 valence electrons. The predicted molar refractivity (Wildman–Crippen MR) is 101 cm³/mol. The first-order valence-corrected chi connectivity index (χ1v) is 8.62. The van der Waals surface area contributed by atoms with Gasteiger partial charge in [0.05, 0.1) is 6.20 Å². The van der Waals surface area contributed by atoms with Crippen LogP contribution in [-0.2, 0) is 17.8 Å². The summed E-state index contributed by atoms with van der Waals surface area (Å²) >= 11 is 0. The molecule has 0 radical (unpaired) electrons. The van der Waals surface area contributed by atoms with Gasteiger partial charge in [0.25, 0.3) is 5.91 Å². The summed E-state index contributed by atoms with van der Waals surface area (Å²) in [4.78, 5) is 12.4. The number of benzene rings is 2. The van der Waals surface area contributed by atoms with Crippen molar-refractivity contribution in [1.82, 2.24) is 9.88 Å². The Balaban J connectivity index is 1.60. The molecule has 25 heavy (non-hydrogen) atoms. The third-order valence-electron chi connectivity index (χ3n) is 4.36. The molecule has 0 bridgehead atoms. The number of imidazole rings is 1. The Morgan fingerprint density at radius 3 is 2.68 bits per heavy atom. The number of aryl methyl sites for hydroxylation is 1. The number of amides is 1. The Kier molecular flexibility index (Phi) is 5.29. The second-order valence-corrected chi connectivity index (χ2v) is 6.31. The second-order valence-electron chi connectivity index (χ2n) is 6.31. The number of fused-ring (bicyclic) bond motifs is 1. The van der Waals surface area contributed by atoms with E-state index in [-0.39, 0.29) is 11.9 Å². The van der Waals surface area contributed by atoms with Crippen LogP contribution in [0.4, 0.5) is 0 Å². The van der Waals surface area contributed by atoms with Gasteiger partial charge < -0.3 is 5.32 Å². The average Bonchev–Trinajstić information content (AvgIpc) is 2.98. The number of hydrogen-bond donors (Lipinski definition) is 1. The normalized spacial score (nSPS) is 12.0. The molecule has 0 spiro atoms. The van der Waals surface area contributed by atoms with Crippen LogP contribution in [0.25, 0.3) is 17.2 Å². The molecule has 1 N–H and O–H groups in total. The van der Waals surface area contributed by atoms with E-state index in [9.17, 15) is 4.79 Å². The zero-order valence-electron chi connectivity index (χ0n) is 14.6. The summed E-state index contributed by atoms with van der Waals surface area (Å²) in [6.07, 6.45) is 5.55. The van der Waals surface area contributed by atoms with Crippen LogP contribution in [0.15, 0.2) is 67.5 Å². The smallest absolute Gasteiger partial charge is 0.262 e. The van der Waals surface area contributed by atoms with E-state index in [0.29, 0.717) is 6.54 Å². The molecule has 1 amide bonds. The van der Waals surface area contributed by atoms with E-state index < -0.39 is 0 Å². The lowest BCUT2D eigenvalue weighted by Gasteiger charge is -2.13. The molecule has 0 aliphatic heterocycles. The highest BCUT2D eigenvalue weighted by Crippen LogP contribution is 2.10. The fourth-order valence-corrected chi connectivity index (χ4v) is 3.05.